The first-order chi connectivity index (χ1) is 9.54. The lowest BCUT2D eigenvalue weighted by molar-refractivity contribution is -0.0448. The van der Waals surface area contributed by atoms with Crippen LogP contribution < -0.4 is 4.72 Å². The predicted molar refractivity (Wildman–Crippen MR) is 74.1 cm³/mol. The summed E-state index contributed by atoms with van der Waals surface area (Å²) in [7, 11) is -5.47. The summed E-state index contributed by atoms with van der Waals surface area (Å²) in [6.45, 7) is -1.35. The standard InChI is InChI=1S/C10H9F3INO5S/c11-10(12,13)21(18,19)15-3-4-20-9(17)7-5-6(14)1-2-8(7)16/h1-2,5,15-16H,3-4H2. The van der Waals surface area contributed by atoms with Gasteiger partial charge in [0.1, 0.15) is 17.9 Å². The van der Waals surface area contributed by atoms with Crippen molar-refractivity contribution in [2.75, 3.05) is 13.2 Å². The van der Waals surface area contributed by atoms with Crippen LogP contribution in [-0.4, -0.2) is 38.2 Å². The number of rotatable bonds is 5. The Morgan fingerprint density at radius 3 is 2.57 bits per heavy atom. The van der Waals surface area contributed by atoms with Crippen LogP contribution in [0.2, 0.25) is 0 Å². The molecule has 0 amide bonds. The molecule has 1 rings (SSSR count). The number of hydrogen-bond donors (Lipinski definition) is 2. The van der Waals surface area contributed by atoms with Crippen molar-refractivity contribution in [3.8, 4) is 5.75 Å². The van der Waals surface area contributed by atoms with Crippen LogP contribution >= 0.6 is 22.6 Å². The number of aromatic hydroxyl groups is 1. The van der Waals surface area contributed by atoms with E-state index in [0.29, 0.717) is 3.57 Å². The van der Waals surface area contributed by atoms with Crippen LogP contribution in [-0.2, 0) is 14.8 Å². The zero-order valence-corrected chi connectivity index (χ0v) is 13.1. The largest absolute Gasteiger partial charge is 0.511 e. The highest BCUT2D eigenvalue weighted by atomic mass is 127. The number of benzene rings is 1. The highest BCUT2D eigenvalue weighted by Gasteiger charge is 2.45. The fourth-order valence-corrected chi connectivity index (χ4v) is 2.16. The molecule has 6 nitrogen and oxygen atoms in total. The van der Waals surface area contributed by atoms with Crippen molar-refractivity contribution in [3.05, 3.63) is 27.3 Å². The number of ether oxygens (including phenoxy) is 1. The van der Waals surface area contributed by atoms with Crippen molar-refractivity contribution in [1.29, 1.82) is 0 Å². The van der Waals surface area contributed by atoms with Gasteiger partial charge in [-0.25, -0.2) is 17.9 Å². The highest BCUT2D eigenvalue weighted by Crippen LogP contribution is 2.22. The third-order valence-electron chi connectivity index (χ3n) is 2.11. The summed E-state index contributed by atoms with van der Waals surface area (Å²) in [5.74, 6) is -1.33. The van der Waals surface area contributed by atoms with Gasteiger partial charge in [-0.2, -0.15) is 13.2 Å². The van der Waals surface area contributed by atoms with Gasteiger partial charge in [-0.15, -0.1) is 0 Å². The van der Waals surface area contributed by atoms with Crippen molar-refractivity contribution >= 4 is 38.6 Å². The van der Waals surface area contributed by atoms with Crippen LogP contribution in [0.4, 0.5) is 13.2 Å². The lowest BCUT2D eigenvalue weighted by atomic mass is 10.2. The number of nitrogens with one attached hydrogen (secondary N) is 1. The molecule has 21 heavy (non-hydrogen) atoms. The third kappa shape index (κ3) is 5.00. The molecule has 11 heteroatoms. The third-order valence-corrected chi connectivity index (χ3v) is 3.98. The molecule has 0 aliphatic carbocycles. The van der Waals surface area contributed by atoms with Crippen LogP contribution in [0.15, 0.2) is 18.2 Å². The molecule has 0 fully saturated rings. The molecule has 0 radical (unpaired) electrons. The van der Waals surface area contributed by atoms with Gasteiger partial charge in [0, 0.05) is 10.1 Å². The van der Waals surface area contributed by atoms with Crippen LogP contribution in [0.3, 0.4) is 0 Å². The summed E-state index contributed by atoms with van der Waals surface area (Å²) in [6, 6.07) is 4.10. The smallest absolute Gasteiger partial charge is 0.507 e. The van der Waals surface area contributed by atoms with E-state index in [1.807, 2.05) is 22.6 Å². The first-order valence-corrected chi connectivity index (χ1v) is 7.82. The lowest BCUT2D eigenvalue weighted by Gasteiger charge is -2.10. The molecule has 0 heterocycles. The molecule has 0 aliphatic heterocycles. The topological polar surface area (TPSA) is 92.7 Å². The van der Waals surface area contributed by atoms with E-state index in [2.05, 4.69) is 4.74 Å². The summed E-state index contributed by atoms with van der Waals surface area (Å²) in [5.41, 5.74) is -5.59. The Labute approximate surface area is 131 Å². The van der Waals surface area contributed by atoms with Crippen molar-refractivity contribution in [1.82, 2.24) is 4.72 Å². The summed E-state index contributed by atoms with van der Waals surface area (Å²) in [6.07, 6.45) is 0. The minimum absolute atomic E-state index is 0.166. The molecule has 2 N–H and O–H groups in total. The maximum Gasteiger partial charge on any atom is 0.511 e. The number of alkyl halides is 3. The second-order valence-corrected chi connectivity index (χ2v) is 6.64. The Morgan fingerprint density at radius 1 is 1.38 bits per heavy atom. The molecule has 0 saturated heterocycles. The van der Waals surface area contributed by atoms with Gasteiger partial charge in [-0.3, -0.25) is 0 Å². The highest BCUT2D eigenvalue weighted by molar-refractivity contribution is 14.1. The average Bonchev–Trinajstić information content (AvgIpc) is 2.36. The van der Waals surface area contributed by atoms with E-state index in [9.17, 15) is 31.5 Å². The Morgan fingerprint density at radius 2 is 2.00 bits per heavy atom. The SMILES string of the molecule is O=C(OCCNS(=O)(=O)C(F)(F)F)c1cc(I)ccc1O. The molecule has 0 unspecified atom stereocenters. The number of esters is 1. The Balaban J connectivity index is 2.54. The van der Waals surface area contributed by atoms with Gasteiger partial charge in [0.25, 0.3) is 0 Å². The fourth-order valence-electron chi connectivity index (χ4n) is 1.15. The first-order valence-electron chi connectivity index (χ1n) is 5.26. The second kappa shape index (κ2) is 6.79. The number of sulfonamides is 1. The summed E-state index contributed by atoms with van der Waals surface area (Å²) < 4.78 is 63.7. The van der Waals surface area contributed by atoms with Gasteiger partial charge in [0.2, 0.25) is 0 Å². The van der Waals surface area contributed by atoms with Gasteiger partial charge in [-0.1, -0.05) is 0 Å². The van der Waals surface area contributed by atoms with E-state index in [4.69, 9.17) is 0 Å². The maximum atomic E-state index is 12.0. The average molecular weight is 439 g/mol. The zero-order chi connectivity index (χ0) is 16.3. The number of carbonyl (C=O) groups excluding carboxylic acids is 1. The van der Waals surface area contributed by atoms with E-state index in [1.165, 1.54) is 22.9 Å². The summed E-state index contributed by atoms with van der Waals surface area (Å²) in [5, 5.41) is 9.43. The van der Waals surface area contributed by atoms with Gasteiger partial charge in [-0.05, 0) is 40.8 Å². The van der Waals surface area contributed by atoms with Crippen LogP contribution in [0, 0.1) is 3.57 Å². The fraction of sp³-hybridized carbons (Fsp3) is 0.300. The van der Waals surface area contributed by atoms with Crippen molar-refractivity contribution < 1.29 is 36.2 Å². The zero-order valence-electron chi connectivity index (χ0n) is 10.1. The van der Waals surface area contributed by atoms with Gasteiger partial charge in [0.05, 0.1) is 0 Å². The number of phenols is 1. The van der Waals surface area contributed by atoms with Crippen LogP contribution in [0.5, 0.6) is 5.75 Å². The number of carbonyl (C=O) groups is 1. The van der Waals surface area contributed by atoms with Crippen molar-refractivity contribution in [2.45, 2.75) is 5.51 Å². The van der Waals surface area contributed by atoms with Gasteiger partial charge >= 0.3 is 21.5 Å². The Bertz CT molecular complexity index is 632. The second-order valence-electron chi connectivity index (χ2n) is 3.64. The minimum Gasteiger partial charge on any atom is -0.507 e. The monoisotopic (exact) mass is 439 g/mol. The van der Waals surface area contributed by atoms with E-state index >= 15 is 0 Å². The molecule has 1 aromatic carbocycles. The number of hydrogen-bond acceptors (Lipinski definition) is 5. The van der Waals surface area contributed by atoms with E-state index in [0.717, 1.165) is 0 Å². The van der Waals surface area contributed by atoms with Crippen LogP contribution in [0.1, 0.15) is 10.4 Å². The quantitative estimate of drug-likeness (QED) is 0.413. The molecule has 0 aromatic heterocycles. The molecule has 0 saturated carbocycles. The summed E-state index contributed by atoms with van der Waals surface area (Å²) in [4.78, 5) is 11.6. The molecular formula is C10H9F3INO5S. The summed E-state index contributed by atoms with van der Waals surface area (Å²) >= 11 is 1.88. The molecule has 0 spiro atoms. The van der Waals surface area contributed by atoms with E-state index < -0.39 is 34.7 Å². The van der Waals surface area contributed by atoms with Crippen molar-refractivity contribution in [3.63, 3.8) is 0 Å². The minimum atomic E-state index is -5.47. The van der Waals surface area contributed by atoms with Gasteiger partial charge < -0.3 is 9.84 Å². The molecule has 1 aromatic rings. The van der Waals surface area contributed by atoms with Crippen LogP contribution in [0.25, 0.3) is 0 Å². The normalized spacial score (nSPS) is 12.2. The van der Waals surface area contributed by atoms with Gasteiger partial charge in [0.15, 0.2) is 0 Å². The van der Waals surface area contributed by atoms with E-state index in [-0.39, 0.29) is 11.3 Å². The predicted octanol–water partition coefficient (Wildman–Crippen LogP) is 1.59. The number of halogens is 4. The lowest BCUT2D eigenvalue weighted by Crippen LogP contribution is -2.38. The Kier molecular flexibility index (Phi) is 5.81. The molecule has 118 valence electrons. The first kappa shape index (κ1) is 18.0. The molecule has 0 aliphatic rings. The van der Waals surface area contributed by atoms with E-state index in [1.54, 1.807) is 0 Å². The number of phenolic OH excluding ortho intramolecular Hbond substituents is 1. The molecular weight excluding hydrogens is 430 g/mol. The molecule has 0 bridgehead atoms. The Hall–Kier alpha value is -1.08. The maximum absolute atomic E-state index is 12.0. The van der Waals surface area contributed by atoms with Crippen molar-refractivity contribution in [2.24, 2.45) is 0 Å². The molecule has 0 atom stereocenters.